The molecule has 10 nitrogen and oxygen atoms in total. The van der Waals surface area contributed by atoms with Crippen LogP contribution in [0.25, 0.3) is 0 Å². The van der Waals surface area contributed by atoms with Crippen LogP contribution in [0.15, 0.2) is 30.9 Å². The number of benzene rings is 1. The van der Waals surface area contributed by atoms with E-state index in [4.69, 9.17) is 19.4 Å². The fourth-order valence-corrected chi connectivity index (χ4v) is 6.49. The number of carbonyl (C=O) groups is 1. The zero-order valence-corrected chi connectivity index (χ0v) is 23.2. The molecule has 0 unspecified atom stereocenters. The molecular weight excluding hydrogens is 506 g/mol. The van der Waals surface area contributed by atoms with Crippen molar-refractivity contribution in [2.75, 3.05) is 51.3 Å². The Bertz CT molecular complexity index is 1330. The van der Waals surface area contributed by atoms with Crippen molar-refractivity contribution in [3.63, 3.8) is 0 Å². The molecule has 1 aromatic heterocycles. The van der Waals surface area contributed by atoms with Gasteiger partial charge in [0.15, 0.2) is 0 Å². The Morgan fingerprint density at radius 3 is 2.92 bits per heavy atom. The van der Waals surface area contributed by atoms with Gasteiger partial charge >= 0.3 is 6.01 Å². The molecule has 6 rings (SSSR count). The lowest BCUT2D eigenvalue weighted by atomic mass is 10.0. The maximum Gasteiger partial charge on any atom is 0.318 e. The minimum atomic E-state index is -0.226. The van der Waals surface area contributed by atoms with Crippen LogP contribution in [0.4, 0.5) is 5.82 Å². The van der Waals surface area contributed by atoms with E-state index >= 15 is 0 Å². The summed E-state index contributed by atoms with van der Waals surface area (Å²) in [5.41, 5.74) is 4.69. The largest absolute Gasteiger partial charge is 0.493 e. The number of fused-ring (bicyclic) bond motifs is 2. The summed E-state index contributed by atoms with van der Waals surface area (Å²) < 4.78 is 12.0. The van der Waals surface area contributed by atoms with E-state index in [0.717, 1.165) is 61.9 Å². The van der Waals surface area contributed by atoms with Crippen LogP contribution in [-0.4, -0.2) is 89.1 Å². The van der Waals surface area contributed by atoms with Crippen LogP contribution in [0, 0.1) is 11.3 Å². The second-order valence-corrected chi connectivity index (χ2v) is 11.2. The Morgan fingerprint density at radius 1 is 1.23 bits per heavy atom. The van der Waals surface area contributed by atoms with Gasteiger partial charge in [0.25, 0.3) is 0 Å². The van der Waals surface area contributed by atoms with Crippen LogP contribution >= 0.6 is 0 Å². The molecule has 2 saturated heterocycles. The SMILES string of the molecule is C=CC(=O)N1CCN(c2nc(OC[C@@H]3CCCN3C)nc3c2CN(Cc2cccc4c2CCO4)C3)C[C@@H]1CC#N. The predicted molar refractivity (Wildman–Crippen MR) is 150 cm³/mol. The maximum absolute atomic E-state index is 12.5. The van der Waals surface area contributed by atoms with E-state index in [1.807, 2.05) is 6.07 Å². The van der Waals surface area contributed by atoms with Crippen molar-refractivity contribution in [3.8, 4) is 17.8 Å². The topological polar surface area (TPSA) is 98.1 Å². The van der Waals surface area contributed by atoms with Crippen molar-refractivity contribution >= 4 is 11.7 Å². The highest BCUT2D eigenvalue weighted by atomic mass is 16.5. The van der Waals surface area contributed by atoms with Crippen molar-refractivity contribution in [3.05, 3.63) is 53.2 Å². The van der Waals surface area contributed by atoms with E-state index in [2.05, 4.69) is 46.5 Å². The number of likely N-dealkylation sites (tertiary alicyclic amines) is 1. The van der Waals surface area contributed by atoms with Gasteiger partial charge in [-0.3, -0.25) is 9.69 Å². The molecule has 0 saturated carbocycles. The van der Waals surface area contributed by atoms with Gasteiger partial charge in [-0.2, -0.15) is 15.2 Å². The lowest BCUT2D eigenvalue weighted by molar-refractivity contribution is -0.128. The number of amides is 1. The molecule has 40 heavy (non-hydrogen) atoms. The van der Waals surface area contributed by atoms with E-state index in [-0.39, 0.29) is 18.4 Å². The summed E-state index contributed by atoms with van der Waals surface area (Å²) in [7, 11) is 2.14. The molecule has 2 fully saturated rings. The van der Waals surface area contributed by atoms with E-state index < -0.39 is 0 Å². The highest BCUT2D eigenvalue weighted by Crippen LogP contribution is 2.35. The van der Waals surface area contributed by atoms with Crippen LogP contribution in [-0.2, 0) is 30.8 Å². The van der Waals surface area contributed by atoms with Gasteiger partial charge in [0.1, 0.15) is 18.2 Å². The number of hydrogen-bond donors (Lipinski definition) is 0. The standard InChI is InChI=1S/C30H37N7O3/c1-3-28(38)37-14-13-36(17-22(37)9-11-31)29-25-18-35(16-21-6-4-8-27-24(21)10-15-39-27)19-26(25)32-30(33-29)40-20-23-7-5-12-34(23)2/h3-4,6,8,22-23H,1,5,7,9-10,12-20H2,2H3/t22-,23-/m0/s1. The normalized spacial score (nSPS) is 22.5. The number of hydrogen-bond acceptors (Lipinski definition) is 9. The molecule has 1 amide bonds. The number of nitrogens with zero attached hydrogens (tertiary/aromatic N) is 7. The number of carbonyl (C=O) groups excluding carboxylic acids is 1. The summed E-state index contributed by atoms with van der Waals surface area (Å²) in [6.45, 7) is 9.96. The molecule has 0 spiro atoms. The summed E-state index contributed by atoms with van der Waals surface area (Å²) in [5, 5.41) is 9.49. The second-order valence-electron chi connectivity index (χ2n) is 11.2. The van der Waals surface area contributed by atoms with Gasteiger partial charge in [0.05, 0.1) is 30.8 Å². The minimum absolute atomic E-state index is 0.136. The molecule has 210 valence electrons. The average molecular weight is 544 g/mol. The van der Waals surface area contributed by atoms with Crippen LogP contribution in [0.5, 0.6) is 11.8 Å². The number of piperazine rings is 1. The molecule has 5 heterocycles. The molecule has 2 aromatic rings. The third-order valence-corrected chi connectivity index (χ3v) is 8.68. The first-order chi connectivity index (χ1) is 19.5. The Balaban J connectivity index is 1.26. The quantitative estimate of drug-likeness (QED) is 0.465. The molecule has 2 atom stereocenters. The highest BCUT2D eigenvalue weighted by molar-refractivity contribution is 5.87. The number of ether oxygens (including phenoxy) is 2. The Morgan fingerprint density at radius 2 is 2.12 bits per heavy atom. The summed E-state index contributed by atoms with van der Waals surface area (Å²) in [6.07, 6.45) is 4.82. The van der Waals surface area contributed by atoms with Gasteiger partial charge in [-0.25, -0.2) is 0 Å². The smallest absolute Gasteiger partial charge is 0.318 e. The molecule has 0 bridgehead atoms. The zero-order valence-electron chi connectivity index (χ0n) is 23.2. The third kappa shape index (κ3) is 5.23. The van der Waals surface area contributed by atoms with E-state index in [1.165, 1.54) is 23.6 Å². The van der Waals surface area contributed by atoms with E-state index in [9.17, 15) is 10.1 Å². The van der Waals surface area contributed by atoms with Crippen molar-refractivity contribution in [2.24, 2.45) is 0 Å². The van der Waals surface area contributed by atoms with Crippen LogP contribution in [0.1, 0.15) is 41.6 Å². The Labute approximate surface area is 235 Å². The minimum Gasteiger partial charge on any atom is -0.493 e. The average Bonchev–Trinajstić information content (AvgIpc) is 3.71. The van der Waals surface area contributed by atoms with Crippen LogP contribution in [0.3, 0.4) is 0 Å². The molecule has 10 heteroatoms. The summed E-state index contributed by atoms with van der Waals surface area (Å²) in [5.74, 6) is 1.72. The third-order valence-electron chi connectivity index (χ3n) is 8.68. The van der Waals surface area contributed by atoms with Crippen LogP contribution in [0.2, 0.25) is 0 Å². The number of rotatable bonds is 8. The molecular formula is C30H37N7O3. The second kappa shape index (κ2) is 11.4. The zero-order chi connectivity index (χ0) is 27.6. The fraction of sp³-hybridized carbons (Fsp3) is 0.533. The number of likely N-dealkylation sites (N-methyl/N-ethyl adjacent to an activating group) is 1. The number of aromatic nitrogens is 2. The van der Waals surface area contributed by atoms with Gasteiger partial charge in [-0.05, 0) is 44.1 Å². The van der Waals surface area contributed by atoms with Crippen LogP contribution < -0.4 is 14.4 Å². The monoisotopic (exact) mass is 543 g/mol. The first-order valence-electron chi connectivity index (χ1n) is 14.3. The van der Waals surface area contributed by atoms with Gasteiger partial charge < -0.3 is 24.2 Å². The molecule has 4 aliphatic heterocycles. The molecule has 4 aliphatic rings. The fourth-order valence-electron chi connectivity index (χ4n) is 6.49. The van der Waals surface area contributed by atoms with Gasteiger partial charge in [-0.15, -0.1) is 0 Å². The maximum atomic E-state index is 12.5. The van der Waals surface area contributed by atoms with Crippen molar-refractivity contribution in [1.29, 1.82) is 5.26 Å². The first kappa shape index (κ1) is 26.5. The Hall–Kier alpha value is -3.68. The molecule has 0 aliphatic carbocycles. The molecule has 0 N–H and O–H groups in total. The first-order valence-corrected chi connectivity index (χ1v) is 14.3. The summed E-state index contributed by atoms with van der Waals surface area (Å²) in [6, 6.07) is 9.12. The van der Waals surface area contributed by atoms with Gasteiger partial charge in [0.2, 0.25) is 5.91 Å². The van der Waals surface area contributed by atoms with Gasteiger partial charge in [-0.1, -0.05) is 18.7 Å². The summed E-state index contributed by atoms with van der Waals surface area (Å²) in [4.78, 5) is 31.0. The Kier molecular flexibility index (Phi) is 7.59. The summed E-state index contributed by atoms with van der Waals surface area (Å²) >= 11 is 0. The predicted octanol–water partition coefficient (Wildman–Crippen LogP) is 2.52. The van der Waals surface area contributed by atoms with E-state index in [1.54, 1.807) is 4.90 Å². The van der Waals surface area contributed by atoms with Crippen molar-refractivity contribution < 1.29 is 14.3 Å². The highest BCUT2D eigenvalue weighted by Gasteiger charge is 2.34. The van der Waals surface area contributed by atoms with Gasteiger partial charge in [0, 0.05) is 62.9 Å². The van der Waals surface area contributed by atoms with Crippen molar-refractivity contribution in [1.82, 2.24) is 24.7 Å². The molecule has 0 radical (unpaired) electrons. The number of anilines is 1. The number of nitriles is 1. The van der Waals surface area contributed by atoms with E-state index in [0.29, 0.717) is 44.8 Å². The van der Waals surface area contributed by atoms with Crippen molar-refractivity contribution in [2.45, 2.75) is 57.4 Å². The lowest BCUT2D eigenvalue weighted by Gasteiger charge is -2.41. The lowest BCUT2D eigenvalue weighted by Crippen LogP contribution is -2.55. The molecule has 1 aromatic carbocycles.